The van der Waals surface area contributed by atoms with Crippen LogP contribution in [0.5, 0.6) is 0 Å². The molecule has 0 bridgehead atoms. The highest BCUT2D eigenvalue weighted by molar-refractivity contribution is 6.08. The molecule has 4 nitrogen and oxygen atoms in total. The van der Waals surface area contributed by atoms with Gasteiger partial charge < -0.3 is 0 Å². The number of carbonyl (C=O) groups excluding carboxylic acids is 4. The zero-order valence-corrected chi connectivity index (χ0v) is 16.9. The quantitative estimate of drug-likeness (QED) is 0.578. The second kappa shape index (κ2) is 6.44. The van der Waals surface area contributed by atoms with Gasteiger partial charge in [-0.15, -0.1) is 0 Å². The van der Waals surface area contributed by atoms with Gasteiger partial charge >= 0.3 is 0 Å². The van der Waals surface area contributed by atoms with Crippen LogP contribution in [0.4, 0.5) is 0 Å². The topological polar surface area (TPSA) is 68.3 Å². The lowest BCUT2D eigenvalue weighted by atomic mass is 9.62. The van der Waals surface area contributed by atoms with Gasteiger partial charge in [-0.2, -0.15) is 0 Å². The van der Waals surface area contributed by atoms with E-state index in [0.717, 1.165) is 51.4 Å². The highest BCUT2D eigenvalue weighted by atomic mass is 16.1. The fourth-order valence-corrected chi connectivity index (χ4v) is 6.67. The Morgan fingerprint density at radius 3 is 0.867 bits per heavy atom. The SMILES string of the molecule is O=C1C=CC(=O)[C@H]2CC3=C(CC4=C(C3)CC3=C(C4)C[C@@H]4C(=O)C=CC(=O)[C@@H]4C3)C[C@H]12. The third kappa shape index (κ3) is 2.65. The van der Waals surface area contributed by atoms with Gasteiger partial charge in [-0.25, -0.2) is 0 Å². The van der Waals surface area contributed by atoms with Gasteiger partial charge in [-0.05, 0) is 75.7 Å². The monoisotopic (exact) mass is 400 g/mol. The van der Waals surface area contributed by atoms with Crippen molar-refractivity contribution in [1.82, 2.24) is 0 Å². The van der Waals surface area contributed by atoms with E-state index < -0.39 is 0 Å². The highest BCUT2D eigenvalue weighted by Crippen LogP contribution is 2.52. The molecule has 6 aliphatic carbocycles. The van der Waals surface area contributed by atoms with Crippen molar-refractivity contribution in [2.45, 2.75) is 51.4 Å². The van der Waals surface area contributed by atoms with Crippen molar-refractivity contribution < 1.29 is 19.2 Å². The van der Waals surface area contributed by atoms with E-state index in [1.54, 1.807) is 0 Å². The number of fused-ring (bicyclic) bond motifs is 2. The summed E-state index contributed by atoms with van der Waals surface area (Å²) in [4.78, 5) is 49.5. The number of hydrogen-bond acceptors (Lipinski definition) is 4. The molecule has 0 saturated heterocycles. The normalized spacial score (nSPS) is 35.2. The molecule has 6 aliphatic rings. The van der Waals surface area contributed by atoms with Gasteiger partial charge in [-0.3, -0.25) is 19.2 Å². The van der Waals surface area contributed by atoms with Crippen molar-refractivity contribution in [1.29, 1.82) is 0 Å². The summed E-state index contributed by atoms with van der Waals surface area (Å²) in [5.74, 6) is -0.273. The molecule has 0 saturated carbocycles. The molecular weight excluding hydrogens is 376 g/mol. The molecule has 0 unspecified atom stereocenters. The lowest BCUT2D eigenvalue weighted by Gasteiger charge is -2.41. The molecule has 4 heteroatoms. The highest BCUT2D eigenvalue weighted by Gasteiger charge is 2.43. The molecule has 6 rings (SSSR count). The zero-order valence-electron chi connectivity index (χ0n) is 16.9. The van der Waals surface area contributed by atoms with Crippen molar-refractivity contribution in [3.63, 3.8) is 0 Å². The van der Waals surface area contributed by atoms with Crippen LogP contribution in [-0.2, 0) is 19.2 Å². The summed E-state index contributed by atoms with van der Waals surface area (Å²) in [5.41, 5.74) is 8.40. The minimum Gasteiger partial charge on any atom is -0.295 e. The first-order valence-corrected chi connectivity index (χ1v) is 11.1. The van der Waals surface area contributed by atoms with E-state index in [-0.39, 0.29) is 46.8 Å². The molecule has 0 aromatic heterocycles. The molecule has 0 radical (unpaired) electrons. The summed E-state index contributed by atoms with van der Waals surface area (Å²) in [7, 11) is 0. The Kier molecular flexibility index (Phi) is 3.90. The van der Waals surface area contributed by atoms with Crippen molar-refractivity contribution in [3.05, 3.63) is 57.7 Å². The van der Waals surface area contributed by atoms with Gasteiger partial charge in [-0.1, -0.05) is 33.4 Å². The lowest BCUT2D eigenvalue weighted by Crippen LogP contribution is -2.37. The summed E-state index contributed by atoms with van der Waals surface area (Å²) < 4.78 is 0. The fraction of sp³-hybridized carbons (Fsp3) is 0.462. The van der Waals surface area contributed by atoms with Crippen molar-refractivity contribution in [2.24, 2.45) is 23.7 Å². The summed E-state index contributed by atoms with van der Waals surface area (Å²) in [6.45, 7) is 0. The molecule has 152 valence electrons. The van der Waals surface area contributed by atoms with Crippen LogP contribution in [0.1, 0.15) is 51.4 Å². The minimum atomic E-state index is -0.171. The van der Waals surface area contributed by atoms with Crippen LogP contribution in [0.3, 0.4) is 0 Å². The molecule has 4 atom stereocenters. The lowest BCUT2D eigenvalue weighted by molar-refractivity contribution is -0.129. The maximum atomic E-state index is 12.4. The molecule has 0 heterocycles. The number of allylic oxidation sites excluding steroid dienone is 10. The van der Waals surface area contributed by atoms with E-state index in [0.29, 0.717) is 0 Å². The van der Waals surface area contributed by atoms with Gasteiger partial charge in [0.25, 0.3) is 0 Å². The van der Waals surface area contributed by atoms with Gasteiger partial charge in [0, 0.05) is 23.7 Å². The first-order valence-electron chi connectivity index (χ1n) is 11.1. The van der Waals surface area contributed by atoms with Gasteiger partial charge in [0.1, 0.15) is 0 Å². The van der Waals surface area contributed by atoms with Crippen LogP contribution in [0, 0.1) is 23.7 Å². The summed E-state index contributed by atoms with van der Waals surface area (Å²) in [5, 5.41) is 0. The van der Waals surface area contributed by atoms with Gasteiger partial charge in [0.15, 0.2) is 23.1 Å². The van der Waals surface area contributed by atoms with Gasteiger partial charge in [0.05, 0.1) is 0 Å². The standard InChI is InChI=1S/C26H24O4/c27-23-1-2-24(28)20-10-16-6-14-8-18-12-22-21(25(29)3-4-26(22)30)11-17(18)7-13(14)5-15(16)9-19(20)23/h1-4,19-22H,5-12H2/t19-,20-,21-,22+/m0/s1. The largest absolute Gasteiger partial charge is 0.295 e. The molecule has 0 amide bonds. The molecule has 0 aliphatic heterocycles. The van der Waals surface area contributed by atoms with E-state index in [9.17, 15) is 19.2 Å². The molecule has 0 spiro atoms. The van der Waals surface area contributed by atoms with E-state index in [1.165, 1.54) is 57.7 Å². The Morgan fingerprint density at radius 2 is 0.633 bits per heavy atom. The minimum absolute atomic E-state index is 0.103. The predicted octanol–water partition coefficient (Wildman–Crippen LogP) is 3.93. The van der Waals surface area contributed by atoms with E-state index >= 15 is 0 Å². The van der Waals surface area contributed by atoms with Crippen LogP contribution in [-0.4, -0.2) is 23.1 Å². The Hall–Kier alpha value is -2.62. The van der Waals surface area contributed by atoms with Crippen molar-refractivity contribution >= 4 is 23.1 Å². The zero-order chi connectivity index (χ0) is 20.6. The van der Waals surface area contributed by atoms with Crippen molar-refractivity contribution in [2.75, 3.05) is 0 Å². The molecule has 0 N–H and O–H groups in total. The Bertz CT molecular complexity index is 924. The van der Waals surface area contributed by atoms with E-state index in [2.05, 4.69) is 0 Å². The average molecular weight is 400 g/mol. The molecule has 30 heavy (non-hydrogen) atoms. The summed E-state index contributed by atoms with van der Waals surface area (Å²) >= 11 is 0. The second-order valence-electron chi connectivity index (χ2n) is 9.85. The number of carbonyl (C=O) groups is 4. The van der Waals surface area contributed by atoms with Crippen LogP contribution in [0.2, 0.25) is 0 Å². The number of rotatable bonds is 0. The smallest absolute Gasteiger partial charge is 0.159 e. The van der Waals surface area contributed by atoms with Crippen molar-refractivity contribution in [3.8, 4) is 0 Å². The molecule has 0 aromatic carbocycles. The molecular formula is C26H24O4. The first kappa shape index (κ1) is 18.2. The second-order valence-corrected chi connectivity index (χ2v) is 9.85. The molecule has 0 fully saturated rings. The predicted molar refractivity (Wildman–Crippen MR) is 110 cm³/mol. The van der Waals surface area contributed by atoms with Crippen LogP contribution in [0.15, 0.2) is 57.7 Å². The first-order chi connectivity index (χ1) is 14.5. The number of hydrogen-bond donors (Lipinski definition) is 0. The average Bonchev–Trinajstić information content (AvgIpc) is 2.74. The Labute approximate surface area is 175 Å². The van der Waals surface area contributed by atoms with Crippen LogP contribution in [0.25, 0.3) is 0 Å². The van der Waals surface area contributed by atoms with Crippen LogP contribution < -0.4 is 0 Å². The molecule has 0 aromatic rings. The van der Waals surface area contributed by atoms with Gasteiger partial charge in [0.2, 0.25) is 0 Å². The van der Waals surface area contributed by atoms with E-state index in [4.69, 9.17) is 0 Å². The maximum Gasteiger partial charge on any atom is 0.159 e. The Balaban J connectivity index is 1.24. The third-order valence-electron chi connectivity index (χ3n) is 8.33. The van der Waals surface area contributed by atoms with Crippen LogP contribution >= 0.6 is 0 Å². The number of ketones is 4. The summed E-state index contributed by atoms with van der Waals surface area (Å²) in [6, 6.07) is 0. The summed E-state index contributed by atoms with van der Waals surface area (Å²) in [6.07, 6.45) is 12.4. The Morgan fingerprint density at radius 1 is 0.400 bits per heavy atom. The third-order valence-corrected chi connectivity index (χ3v) is 8.33. The van der Waals surface area contributed by atoms with E-state index in [1.807, 2.05) is 0 Å². The maximum absolute atomic E-state index is 12.4. The fourth-order valence-electron chi connectivity index (χ4n) is 6.67.